The Kier molecular flexibility index (Phi) is 7.74. The lowest BCUT2D eigenvalue weighted by Crippen LogP contribution is -2.38. The second kappa shape index (κ2) is 9.05. The molecule has 0 saturated heterocycles. The molecule has 0 aromatic carbocycles. The van der Waals surface area contributed by atoms with Crippen LogP contribution in [0.5, 0.6) is 0 Å². The molecule has 0 fully saturated rings. The summed E-state index contributed by atoms with van der Waals surface area (Å²) in [6.07, 6.45) is 3.89. The van der Waals surface area contributed by atoms with Crippen LogP contribution in [0.3, 0.4) is 0 Å². The molecule has 0 bridgehead atoms. The van der Waals surface area contributed by atoms with E-state index in [0.29, 0.717) is 10.8 Å². The zero-order valence-corrected chi connectivity index (χ0v) is 15.9. The number of sulfonamides is 1. The van der Waals surface area contributed by atoms with Gasteiger partial charge in [-0.25, -0.2) is 12.7 Å². The number of thiophene rings is 1. The average molecular weight is 359 g/mol. The lowest BCUT2D eigenvalue weighted by molar-refractivity contribution is 0.470. The summed E-state index contributed by atoms with van der Waals surface area (Å²) in [7, 11) is 3.43. The molecule has 0 unspecified atom stereocenters. The fourth-order valence-electron chi connectivity index (χ4n) is 1.90. The van der Waals surface area contributed by atoms with Crippen LogP contribution < -0.4 is 5.32 Å². The summed E-state index contributed by atoms with van der Waals surface area (Å²) in [4.78, 5) is 7.25. The van der Waals surface area contributed by atoms with Gasteiger partial charge in [0, 0.05) is 39.6 Å². The van der Waals surface area contributed by atoms with Crippen molar-refractivity contribution in [3.63, 3.8) is 0 Å². The van der Waals surface area contributed by atoms with Gasteiger partial charge in [0.05, 0.1) is 6.54 Å². The van der Waals surface area contributed by atoms with Crippen molar-refractivity contribution < 1.29 is 8.42 Å². The van der Waals surface area contributed by atoms with Gasteiger partial charge in [0.2, 0.25) is 0 Å². The van der Waals surface area contributed by atoms with Gasteiger partial charge in [-0.3, -0.25) is 4.99 Å². The van der Waals surface area contributed by atoms with Gasteiger partial charge in [0.25, 0.3) is 10.0 Å². The maximum Gasteiger partial charge on any atom is 0.252 e. The highest BCUT2D eigenvalue weighted by molar-refractivity contribution is 7.91. The molecule has 1 aromatic rings. The quantitative estimate of drug-likeness (QED) is 0.334. The molecule has 1 heterocycles. The Morgan fingerprint density at radius 3 is 2.65 bits per heavy atom. The van der Waals surface area contributed by atoms with Crippen molar-refractivity contribution >= 4 is 27.3 Å². The van der Waals surface area contributed by atoms with Crippen LogP contribution in [0.2, 0.25) is 0 Å². The molecule has 0 aliphatic rings. The van der Waals surface area contributed by atoms with Gasteiger partial charge in [-0.2, -0.15) is 0 Å². The van der Waals surface area contributed by atoms with Crippen molar-refractivity contribution in [2.45, 2.75) is 23.6 Å². The molecule has 1 N–H and O–H groups in total. The first-order valence-corrected chi connectivity index (χ1v) is 9.62. The highest BCUT2D eigenvalue weighted by Crippen LogP contribution is 2.23. The maximum absolute atomic E-state index is 12.1. The van der Waals surface area contributed by atoms with Crippen molar-refractivity contribution in [3.05, 3.63) is 29.7 Å². The van der Waals surface area contributed by atoms with Crippen LogP contribution in [0, 0.1) is 0 Å². The predicted octanol–water partition coefficient (Wildman–Crippen LogP) is 1.97. The predicted molar refractivity (Wildman–Crippen MR) is 97.5 cm³/mol. The molecule has 6 nitrogen and oxygen atoms in total. The molecule has 0 spiro atoms. The summed E-state index contributed by atoms with van der Waals surface area (Å²) >= 11 is 1.27. The summed E-state index contributed by atoms with van der Waals surface area (Å²) in [6.45, 7) is 5.15. The standard InChI is InChI=1S/C15H26N4O2S2/c1-6-7-8-11-19(5)15(16-2)17-12-13-9-10-14(22-13)23(20,21)18(3)4/h6,9-10H,1,7-8,11-12H2,2-5H3,(H,16,17). The van der Waals surface area contributed by atoms with Crippen LogP contribution in [-0.4, -0.2) is 58.3 Å². The summed E-state index contributed by atoms with van der Waals surface area (Å²) in [5.74, 6) is 0.791. The van der Waals surface area contributed by atoms with Gasteiger partial charge < -0.3 is 10.2 Å². The fraction of sp³-hybridized carbons (Fsp3) is 0.533. The van der Waals surface area contributed by atoms with Gasteiger partial charge in [-0.05, 0) is 25.0 Å². The summed E-state index contributed by atoms with van der Waals surface area (Å²) in [5, 5.41) is 3.26. The number of hydrogen-bond acceptors (Lipinski definition) is 4. The molecule has 8 heteroatoms. The number of aliphatic imine (C=N–C) groups is 1. The Labute approximate surface area is 143 Å². The van der Waals surface area contributed by atoms with E-state index in [0.717, 1.165) is 30.2 Å². The van der Waals surface area contributed by atoms with Crippen molar-refractivity contribution in [1.82, 2.24) is 14.5 Å². The Hall–Kier alpha value is -1.38. The topological polar surface area (TPSA) is 65.0 Å². The highest BCUT2D eigenvalue weighted by Gasteiger charge is 2.19. The van der Waals surface area contributed by atoms with Gasteiger partial charge in [-0.1, -0.05) is 6.08 Å². The normalized spacial score (nSPS) is 12.5. The minimum atomic E-state index is -3.36. The Morgan fingerprint density at radius 2 is 2.09 bits per heavy atom. The molecular weight excluding hydrogens is 332 g/mol. The van der Waals surface area contributed by atoms with Gasteiger partial charge >= 0.3 is 0 Å². The Morgan fingerprint density at radius 1 is 1.39 bits per heavy atom. The van der Waals surface area contributed by atoms with E-state index in [9.17, 15) is 8.42 Å². The zero-order valence-electron chi connectivity index (χ0n) is 14.2. The van der Waals surface area contributed by atoms with Crippen LogP contribution in [0.25, 0.3) is 0 Å². The maximum atomic E-state index is 12.1. The number of guanidine groups is 1. The SMILES string of the molecule is C=CCCCN(C)C(=NC)NCc1ccc(S(=O)(=O)N(C)C)s1. The average Bonchev–Trinajstić information content (AvgIpc) is 2.97. The van der Waals surface area contributed by atoms with E-state index in [1.54, 1.807) is 13.1 Å². The third-order valence-electron chi connectivity index (χ3n) is 3.27. The second-order valence-corrected chi connectivity index (χ2v) is 8.81. The highest BCUT2D eigenvalue weighted by atomic mass is 32.2. The number of rotatable bonds is 8. The van der Waals surface area contributed by atoms with Gasteiger partial charge in [0.1, 0.15) is 4.21 Å². The van der Waals surface area contributed by atoms with E-state index in [1.165, 1.54) is 29.7 Å². The minimum Gasteiger partial charge on any atom is -0.351 e. The molecule has 0 saturated carbocycles. The van der Waals surface area contributed by atoms with E-state index in [1.807, 2.05) is 19.2 Å². The number of allylic oxidation sites excluding steroid dienone is 1. The molecule has 23 heavy (non-hydrogen) atoms. The molecule has 0 aliphatic heterocycles. The molecule has 0 aliphatic carbocycles. The molecule has 1 rings (SSSR count). The van der Waals surface area contributed by atoms with Gasteiger partial charge in [-0.15, -0.1) is 17.9 Å². The van der Waals surface area contributed by atoms with Crippen LogP contribution in [0.15, 0.2) is 34.0 Å². The third-order valence-corrected chi connectivity index (χ3v) is 6.64. The molecule has 0 radical (unpaired) electrons. The fourth-order valence-corrected chi connectivity index (χ4v) is 4.37. The Bertz CT molecular complexity index is 636. The first-order valence-electron chi connectivity index (χ1n) is 7.36. The largest absolute Gasteiger partial charge is 0.351 e. The monoisotopic (exact) mass is 358 g/mol. The lowest BCUT2D eigenvalue weighted by Gasteiger charge is -2.21. The van der Waals surface area contributed by atoms with E-state index in [-0.39, 0.29) is 0 Å². The molecular formula is C15H26N4O2S2. The van der Waals surface area contributed by atoms with Crippen molar-refractivity contribution in [2.75, 3.05) is 34.7 Å². The number of hydrogen-bond donors (Lipinski definition) is 1. The minimum absolute atomic E-state index is 0.355. The van der Waals surface area contributed by atoms with Crippen molar-refractivity contribution in [1.29, 1.82) is 0 Å². The smallest absolute Gasteiger partial charge is 0.252 e. The van der Waals surface area contributed by atoms with Gasteiger partial charge in [0.15, 0.2) is 5.96 Å². The van der Waals surface area contributed by atoms with Crippen molar-refractivity contribution in [3.8, 4) is 0 Å². The summed E-state index contributed by atoms with van der Waals surface area (Å²) < 4.78 is 25.7. The summed E-state index contributed by atoms with van der Waals surface area (Å²) in [5.41, 5.74) is 0. The van der Waals surface area contributed by atoms with Crippen LogP contribution in [-0.2, 0) is 16.6 Å². The van der Waals surface area contributed by atoms with E-state index in [2.05, 4.69) is 21.8 Å². The molecule has 0 amide bonds. The van der Waals surface area contributed by atoms with E-state index < -0.39 is 10.0 Å². The van der Waals surface area contributed by atoms with E-state index in [4.69, 9.17) is 0 Å². The molecule has 130 valence electrons. The third kappa shape index (κ3) is 5.63. The lowest BCUT2D eigenvalue weighted by atomic mass is 10.3. The summed E-state index contributed by atoms with van der Waals surface area (Å²) in [6, 6.07) is 3.48. The number of nitrogens with one attached hydrogen (secondary N) is 1. The van der Waals surface area contributed by atoms with Crippen molar-refractivity contribution in [2.24, 2.45) is 4.99 Å². The molecule has 1 aromatic heterocycles. The van der Waals surface area contributed by atoms with Crippen LogP contribution in [0.1, 0.15) is 17.7 Å². The number of unbranched alkanes of at least 4 members (excludes halogenated alkanes) is 1. The first-order chi connectivity index (χ1) is 10.8. The first kappa shape index (κ1) is 19.7. The Balaban J connectivity index is 2.64. The van der Waals surface area contributed by atoms with Crippen LogP contribution >= 0.6 is 11.3 Å². The molecule has 0 atom stereocenters. The van der Waals surface area contributed by atoms with E-state index >= 15 is 0 Å². The van der Waals surface area contributed by atoms with Crippen LogP contribution in [0.4, 0.5) is 0 Å². The second-order valence-electron chi connectivity index (χ2n) is 5.26. The zero-order chi connectivity index (χ0) is 17.5. The number of nitrogens with zero attached hydrogens (tertiary/aromatic N) is 3.